The third kappa shape index (κ3) is 3.19. The predicted molar refractivity (Wildman–Crippen MR) is 72.8 cm³/mol. The number of hydrogen-bond acceptors (Lipinski definition) is 4. The highest BCUT2D eigenvalue weighted by Crippen LogP contribution is 2.22. The van der Waals surface area contributed by atoms with E-state index in [4.69, 9.17) is 4.84 Å². The Bertz CT molecular complexity index is 425. The summed E-state index contributed by atoms with van der Waals surface area (Å²) in [5, 5.41) is 3.98. The number of fused-ring (bicyclic) bond motifs is 1. The predicted octanol–water partition coefficient (Wildman–Crippen LogP) is 1.85. The van der Waals surface area contributed by atoms with E-state index in [2.05, 4.69) is 12.2 Å². The Kier molecular flexibility index (Phi) is 5.66. The first kappa shape index (κ1) is 15.3. The number of imide groups is 1. The molecule has 1 heterocycles. The lowest BCUT2D eigenvalue weighted by Crippen LogP contribution is -2.33. The first-order chi connectivity index (χ1) is 8.75. The van der Waals surface area contributed by atoms with Crippen LogP contribution in [0, 0.1) is 0 Å². The smallest absolute Gasteiger partial charge is 0.285 e. The van der Waals surface area contributed by atoms with Gasteiger partial charge in [-0.25, -0.2) is 0 Å². The largest absolute Gasteiger partial charge is 0.314 e. The van der Waals surface area contributed by atoms with Crippen molar-refractivity contribution in [2.75, 3.05) is 19.7 Å². The van der Waals surface area contributed by atoms with E-state index >= 15 is 0 Å². The standard InChI is InChI=1S/C13H16N2O3.CH4/c1-2-7-14-8-9-18-15-12(16)10-5-3-4-6-11(10)13(15)17;/h3-6,14H,2,7-9H2,1H3;1H4. The lowest BCUT2D eigenvalue weighted by atomic mass is 10.1. The van der Waals surface area contributed by atoms with E-state index in [-0.39, 0.29) is 19.2 Å². The molecule has 0 fully saturated rings. The quantitative estimate of drug-likeness (QED) is 0.629. The number of carbonyl (C=O) groups is 2. The molecule has 1 aromatic rings. The van der Waals surface area contributed by atoms with Crippen molar-refractivity contribution in [3.05, 3.63) is 35.4 Å². The highest BCUT2D eigenvalue weighted by atomic mass is 16.7. The second kappa shape index (κ2) is 7.01. The van der Waals surface area contributed by atoms with Gasteiger partial charge in [0, 0.05) is 6.54 Å². The molecule has 0 aromatic heterocycles. The Balaban J connectivity index is 0.00000180. The van der Waals surface area contributed by atoms with Gasteiger partial charge in [-0.2, -0.15) is 0 Å². The summed E-state index contributed by atoms with van der Waals surface area (Å²) < 4.78 is 0. The Morgan fingerprint density at radius 1 is 1.11 bits per heavy atom. The van der Waals surface area contributed by atoms with Gasteiger partial charge < -0.3 is 5.32 Å². The second-order valence-electron chi connectivity index (χ2n) is 4.03. The van der Waals surface area contributed by atoms with Crippen molar-refractivity contribution >= 4 is 11.8 Å². The molecule has 0 atom stereocenters. The SMILES string of the molecule is C.CCCNCCON1C(=O)c2ccccc2C1=O. The van der Waals surface area contributed by atoms with Crippen LogP contribution in [0.5, 0.6) is 0 Å². The Morgan fingerprint density at radius 2 is 1.68 bits per heavy atom. The molecule has 1 aromatic carbocycles. The van der Waals surface area contributed by atoms with Crippen LogP contribution < -0.4 is 5.32 Å². The van der Waals surface area contributed by atoms with Crippen LogP contribution >= 0.6 is 0 Å². The van der Waals surface area contributed by atoms with Gasteiger partial charge in [0.1, 0.15) is 0 Å². The molecular weight excluding hydrogens is 244 g/mol. The molecule has 0 spiro atoms. The Hall–Kier alpha value is -1.72. The normalized spacial score (nSPS) is 13.4. The molecule has 0 saturated carbocycles. The number of benzene rings is 1. The van der Waals surface area contributed by atoms with Gasteiger partial charge in [-0.15, -0.1) is 5.06 Å². The van der Waals surface area contributed by atoms with Crippen LogP contribution in [0.1, 0.15) is 41.5 Å². The van der Waals surface area contributed by atoms with Crippen molar-refractivity contribution in [2.45, 2.75) is 20.8 Å². The molecule has 0 radical (unpaired) electrons. The molecule has 104 valence electrons. The maximum absolute atomic E-state index is 11.9. The molecule has 5 heteroatoms. The van der Waals surface area contributed by atoms with Crippen molar-refractivity contribution in [3.63, 3.8) is 0 Å². The van der Waals surface area contributed by atoms with Crippen LogP contribution in [0.15, 0.2) is 24.3 Å². The van der Waals surface area contributed by atoms with Gasteiger partial charge in [0.05, 0.1) is 17.7 Å². The van der Waals surface area contributed by atoms with Crippen LogP contribution in [0.4, 0.5) is 0 Å². The zero-order valence-electron chi connectivity index (χ0n) is 10.3. The number of hydrogen-bond donors (Lipinski definition) is 1. The third-order valence-corrected chi connectivity index (χ3v) is 2.68. The molecule has 1 aliphatic heterocycles. The van der Waals surface area contributed by atoms with E-state index < -0.39 is 0 Å². The number of nitrogens with zero attached hydrogens (tertiary/aromatic N) is 1. The highest BCUT2D eigenvalue weighted by molar-refractivity contribution is 6.20. The van der Waals surface area contributed by atoms with Crippen LogP contribution in [0.25, 0.3) is 0 Å². The van der Waals surface area contributed by atoms with Crippen LogP contribution in [-0.4, -0.2) is 36.6 Å². The van der Waals surface area contributed by atoms with Crippen LogP contribution in [0.3, 0.4) is 0 Å². The lowest BCUT2D eigenvalue weighted by Gasteiger charge is -2.13. The summed E-state index contributed by atoms with van der Waals surface area (Å²) in [6.07, 6.45) is 1.03. The van der Waals surface area contributed by atoms with E-state index in [1.165, 1.54) is 0 Å². The molecular formula is C14H20N2O3. The Labute approximate surface area is 113 Å². The number of amides is 2. The fourth-order valence-electron chi connectivity index (χ4n) is 1.80. The zero-order valence-corrected chi connectivity index (χ0v) is 10.3. The molecule has 0 bridgehead atoms. The highest BCUT2D eigenvalue weighted by Gasteiger charge is 2.36. The van der Waals surface area contributed by atoms with Gasteiger partial charge in [-0.05, 0) is 25.1 Å². The molecule has 2 rings (SSSR count). The number of carbonyl (C=O) groups excluding carboxylic acids is 2. The first-order valence-corrected chi connectivity index (χ1v) is 6.07. The zero-order chi connectivity index (χ0) is 13.0. The topological polar surface area (TPSA) is 58.6 Å². The third-order valence-electron chi connectivity index (χ3n) is 2.68. The van der Waals surface area contributed by atoms with E-state index in [1.54, 1.807) is 24.3 Å². The number of rotatable bonds is 6. The Morgan fingerprint density at radius 3 is 2.21 bits per heavy atom. The van der Waals surface area contributed by atoms with Gasteiger partial charge in [0.2, 0.25) is 0 Å². The average Bonchev–Trinajstić information content (AvgIpc) is 2.64. The van der Waals surface area contributed by atoms with E-state index in [0.717, 1.165) is 18.0 Å². The van der Waals surface area contributed by atoms with E-state index in [1.807, 2.05) is 0 Å². The van der Waals surface area contributed by atoms with Gasteiger partial charge in [-0.3, -0.25) is 14.4 Å². The van der Waals surface area contributed by atoms with E-state index in [9.17, 15) is 9.59 Å². The summed E-state index contributed by atoms with van der Waals surface area (Å²) >= 11 is 0. The molecule has 1 aliphatic rings. The minimum Gasteiger partial charge on any atom is -0.314 e. The van der Waals surface area contributed by atoms with Crippen molar-refractivity contribution in [1.29, 1.82) is 0 Å². The fraction of sp³-hybridized carbons (Fsp3) is 0.429. The van der Waals surface area contributed by atoms with Gasteiger partial charge in [-0.1, -0.05) is 26.5 Å². The van der Waals surface area contributed by atoms with Gasteiger partial charge >= 0.3 is 0 Å². The van der Waals surface area contributed by atoms with Gasteiger partial charge in [0.15, 0.2) is 0 Å². The van der Waals surface area contributed by atoms with Crippen molar-refractivity contribution in [3.8, 4) is 0 Å². The summed E-state index contributed by atoms with van der Waals surface area (Å²) in [7, 11) is 0. The minimum atomic E-state index is -0.383. The van der Waals surface area contributed by atoms with Crippen molar-refractivity contribution in [2.24, 2.45) is 0 Å². The molecule has 2 amide bonds. The van der Waals surface area contributed by atoms with Crippen molar-refractivity contribution in [1.82, 2.24) is 10.4 Å². The molecule has 0 aliphatic carbocycles. The molecule has 1 N–H and O–H groups in total. The summed E-state index contributed by atoms with van der Waals surface area (Å²) in [4.78, 5) is 29.0. The van der Waals surface area contributed by atoms with Gasteiger partial charge in [0.25, 0.3) is 11.8 Å². The lowest BCUT2D eigenvalue weighted by molar-refractivity contribution is -0.0896. The summed E-state index contributed by atoms with van der Waals surface area (Å²) in [5.74, 6) is -0.766. The molecule has 19 heavy (non-hydrogen) atoms. The summed E-state index contributed by atoms with van der Waals surface area (Å²) in [6, 6.07) is 6.73. The first-order valence-electron chi connectivity index (χ1n) is 6.07. The average molecular weight is 264 g/mol. The summed E-state index contributed by atoms with van der Waals surface area (Å²) in [5.41, 5.74) is 0.813. The van der Waals surface area contributed by atoms with Crippen LogP contribution in [0.2, 0.25) is 0 Å². The number of nitrogens with one attached hydrogen (secondary N) is 1. The number of hydroxylamine groups is 2. The molecule has 5 nitrogen and oxygen atoms in total. The monoisotopic (exact) mass is 264 g/mol. The van der Waals surface area contributed by atoms with E-state index in [0.29, 0.717) is 24.3 Å². The van der Waals surface area contributed by atoms with Crippen molar-refractivity contribution < 1.29 is 14.4 Å². The maximum Gasteiger partial charge on any atom is 0.285 e. The molecule has 0 saturated heterocycles. The second-order valence-corrected chi connectivity index (χ2v) is 4.03. The molecule has 0 unspecified atom stereocenters. The summed E-state index contributed by atoms with van der Waals surface area (Å²) in [6.45, 7) is 3.87. The van der Waals surface area contributed by atoms with Crippen LogP contribution in [-0.2, 0) is 4.84 Å². The fourth-order valence-corrected chi connectivity index (χ4v) is 1.80. The minimum absolute atomic E-state index is 0. The maximum atomic E-state index is 11.9.